The maximum atomic E-state index is 13.3. The molecule has 0 unspecified atom stereocenters. The van der Waals surface area contributed by atoms with Crippen molar-refractivity contribution in [2.24, 2.45) is 7.05 Å². The fourth-order valence-electron chi connectivity index (χ4n) is 3.95. The molecule has 0 aromatic carbocycles. The summed E-state index contributed by atoms with van der Waals surface area (Å²) in [6.45, 7) is 5.19. The van der Waals surface area contributed by atoms with Crippen LogP contribution in [-0.4, -0.2) is 38.2 Å². The van der Waals surface area contributed by atoms with Crippen LogP contribution in [0.25, 0.3) is 0 Å². The molecule has 0 radical (unpaired) electrons. The maximum absolute atomic E-state index is 13.3. The molecule has 0 fully saturated rings. The quantitative estimate of drug-likeness (QED) is 0.852. The first-order valence-electron chi connectivity index (χ1n) is 8.68. The number of rotatable bonds is 1. The van der Waals surface area contributed by atoms with Crippen LogP contribution in [0.5, 0.6) is 0 Å². The molecule has 2 aromatic rings. The molecule has 0 saturated carbocycles. The van der Waals surface area contributed by atoms with Gasteiger partial charge in [0.05, 0.1) is 17.9 Å². The Hall–Kier alpha value is -2.41. The average Bonchev–Trinajstić information content (AvgIpc) is 2.91. The SMILES string of the molecule is C[C@@H]1Cc2c(nn(C)c2C(=O)N2CCc3ccnc(N)c3C2)[C@H](C)O1. The van der Waals surface area contributed by atoms with Crippen molar-refractivity contribution < 1.29 is 9.53 Å². The van der Waals surface area contributed by atoms with Crippen LogP contribution in [0.4, 0.5) is 5.82 Å². The van der Waals surface area contributed by atoms with E-state index in [-0.39, 0.29) is 18.1 Å². The average molecular weight is 341 g/mol. The molecule has 0 aliphatic carbocycles. The number of hydrogen-bond donors (Lipinski definition) is 1. The number of hydrogen-bond acceptors (Lipinski definition) is 5. The number of nitrogens with zero attached hydrogens (tertiary/aromatic N) is 4. The minimum Gasteiger partial charge on any atom is -0.383 e. The zero-order chi connectivity index (χ0) is 17.7. The molecule has 0 bridgehead atoms. The third-order valence-electron chi connectivity index (χ3n) is 5.17. The van der Waals surface area contributed by atoms with E-state index < -0.39 is 0 Å². The lowest BCUT2D eigenvalue weighted by molar-refractivity contribution is -0.00714. The minimum absolute atomic E-state index is 0.00598. The molecule has 2 aliphatic rings. The van der Waals surface area contributed by atoms with Gasteiger partial charge in [-0.2, -0.15) is 5.10 Å². The third-order valence-corrected chi connectivity index (χ3v) is 5.17. The molecule has 2 aromatic heterocycles. The van der Waals surface area contributed by atoms with Gasteiger partial charge in [-0.3, -0.25) is 9.48 Å². The zero-order valence-corrected chi connectivity index (χ0v) is 14.8. The van der Waals surface area contributed by atoms with Crippen LogP contribution in [0.3, 0.4) is 0 Å². The normalized spacial score (nSPS) is 22.4. The molecule has 7 nitrogen and oxygen atoms in total. The van der Waals surface area contributed by atoms with E-state index >= 15 is 0 Å². The number of carbonyl (C=O) groups excluding carboxylic acids is 1. The van der Waals surface area contributed by atoms with Crippen molar-refractivity contribution in [3.8, 4) is 0 Å². The van der Waals surface area contributed by atoms with E-state index in [1.165, 1.54) is 5.56 Å². The number of nitrogens with two attached hydrogens (primary N) is 1. The number of pyridine rings is 1. The molecule has 2 N–H and O–H groups in total. The number of anilines is 1. The number of carbonyl (C=O) groups is 1. The molecule has 0 spiro atoms. The molecule has 2 aliphatic heterocycles. The fraction of sp³-hybridized carbons (Fsp3) is 0.500. The summed E-state index contributed by atoms with van der Waals surface area (Å²) in [5.41, 5.74) is 10.7. The maximum Gasteiger partial charge on any atom is 0.272 e. The summed E-state index contributed by atoms with van der Waals surface area (Å²) in [5, 5.41) is 4.55. The van der Waals surface area contributed by atoms with E-state index in [4.69, 9.17) is 10.5 Å². The van der Waals surface area contributed by atoms with Gasteiger partial charge in [0.2, 0.25) is 0 Å². The van der Waals surface area contributed by atoms with Crippen molar-refractivity contribution in [2.75, 3.05) is 12.3 Å². The Balaban J connectivity index is 1.68. The molecule has 25 heavy (non-hydrogen) atoms. The largest absolute Gasteiger partial charge is 0.383 e. The highest BCUT2D eigenvalue weighted by Gasteiger charge is 2.34. The molecule has 7 heteroatoms. The topological polar surface area (TPSA) is 86.3 Å². The summed E-state index contributed by atoms with van der Waals surface area (Å²) in [6, 6.07) is 1.99. The van der Waals surface area contributed by atoms with Crippen LogP contribution in [0.2, 0.25) is 0 Å². The van der Waals surface area contributed by atoms with Gasteiger partial charge in [0.15, 0.2) is 0 Å². The first-order valence-corrected chi connectivity index (χ1v) is 8.68. The van der Waals surface area contributed by atoms with Gasteiger partial charge in [-0.1, -0.05) is 0 Å². The third kappa shape index (κ3) is 2.59. The molecule has 4 rings (SSSR count). The van der Waals surface area contributed by atoms with Crippen molar-refractivity contribution >= 4 is 11.7 Å². The highest BCUT2D eigenvalue weighted by atomic mass is 16.5. The Bertz CT molecular complexity index is 844. The van der Waals surface area contributed by atoms with Crippen molar-refractivity contribution in [3.63, 3.8) is 0 Å². The van der Waals surface area contributed by atoms with E-state index in [9.17, 15) is 4.79 Å². The van der Waals surface area contributed by atoms with Gasteiger partial charge >= 0.3 is 0 Å². The van der Waals surface area contributed by atoms with Crippen LogP contribution in [0, 0.1) is 0 Å². The number of amides is 1. The lowest BCUT2D eigenvalue weighted by Crippen LogP contribution is -2.38. The lowest BCUT2D eigenvalue weighted by atomic mass is 9.97. The molecule has 2 atom stereocenters. The van der Waals surface area contributed by atoms with Crippen LogP contribution >= 0.6 is 0 Å². The van der Waals surface area contributed by atoms with Crippen molar-refractivity contribution in [3.05, 3.63) is 40.3 Å². The van der Waals surface area contributed by atoms with Gasteiger partial charge in [0.1, 0.15) is 11.5 Å². The van der Waals surface area contributed by atoms with Crippen LogP contribution in [-0.2, 0) is 31.2 Å². The molecule has 1 amide bonds. The number of fused-ring (bicyclic) bond motifs is 2. The van der Waals surface area contributed by atoms with E-state index in [1.54, 1.807) is 10.9 Å². The summed E-state index contributed by atoms with van der Waals surface area (Å²) in [6.07, 6.45) is 3.23. The number of ether oxygens (including phenoxy) is 1. The van der Waals surface area contributed by atoms with E-state index in [1.807, 2.05) is 31.9 Å². The monoisotopic (exact) mass is 341 g/mol. The molecule has 4 heterocycles. The van der Waals surface area contributed by atoms with Gasteiger partial charge < -0.3 is 15.4 Å². The minimum atomic E-state index is -0.0894. The lowest BCUT2D eigenvalue weighted by Gasteiger charge is -2.30. The Labute approximate surface area is 146 Å². The number of nitrogen functional groups attached to an aromatic ring is 1. The molecular formula is C18H23N5O2. The fourth-order valence-corrected chi connectivity index (χ4v) is 3.95. The molecular weight excluding hydrogens is 318 g/mol. The summed E-state index contributed by atoms with van der Waals surface area (Å²) in [5.74, 6) is 0.518. The Morgan fingerprint density at radius 2 is 2.16 bits per heavy atom. The highest BCUT2D eigenvalue weighted by Crippen LogP contribution is 2.32. The second-order valence-electron chi connectivity index (χ2n) is 6.94. The van der Waals surface area contributed by atoms with Crippen LogP contribution in [0.15, 0.2) is 12.3 Å². The summed E-state index contributed by atoms with van der Waals surface area (Å²) < 4.78 is 7.54. The van der Waals surface area contributed by atoms with Gasteiger partial charge in [-0.05, 0) is 31.9 Å². The van der Waals surface area contributed by atoms with Gasteiger partial charge in [-0.25, -0.2) is 4.98 Å². The Kier molecular flexibility index (Phi) is 3.76. The Morgan fingerprint density at radius 3 is 2.96 bits per heavy atom. The summed E-state index contributed by atoms with van der Waals surface area (Å²) in [7, 11) is 1.83. The first kappa shape index (κ1) is 16.1. The Morgan fingerprint density at radius 1 is 1.36 bits per heavy atom. The highest BCUT2D eigenvalue weighted by molar-refractivity contribution is 5.94. The smallest absolute Gasteiger partial charge is 0.272 e. The zero-order valence-electron chi connectivity index (χ0n) is 14.8. The summed E-state index contributed by atoms with van der Waals surface area (Å²) in [4.78, 5) is 19.3. The van der Waals surface area contributed by atoms with Crippen molar-refractivity contribution in [1.82, 2.24) is 19.7 Å². The molecule has 132 valence electrons. The standard InChI is InChI=1S/C18H23N5O2/c1-10-8-13-15(11(2)25-10)21-22(3)16(13)18(24)23-7-5-12-4-6-20-17(19)14(12)9-23/h4,6,10-11H,5,7-9H2,1-3H3,(H2,19,20)/t10-,11+/m1/s1. The van der Waals surface area contributed by atoms with Crippen molar-refractivity contribution in [2.45, 2.75) is 45.4 Å². The number of aryl methyl sites for hydroxylation is 1. The van der Waals surface area contributed by atoms with Gasteiger partial charge in [0, 0.05) is 43.9 Å². The van der Waals surface area contributed by atoms with Crippen LogP contribution in [0.1, 0.15) is 52.8 Å². The van der Waals surface area contributed by atoms with Gasteiger partial charge in [-0.15, -0.1) is 0 Å². The molecule has 0 saturated heterocycles. The summed E-state index contributed by atoms with van der Waals surface area (Å²) >= 11 is 0. The second-order valence-corrected chi connectivity index (χ2v) is 6.94. The van der Waals surface area contributed by atoms with Gasteiger partial charge in [0.25, 0.3) is 5.91 Å². The second kappa shape index (κ2) is 5.84. The predicted octanol–water partition coefficient (Wildman–Crippen LogP) is 1.62. The van der Waals surface area contributed by atoms with E-state index in [0.717, 1.165) is 23.2 Å². The van der Waals surface area contributed by atoms with Crippen molar-refractivity contribution in [1.29, 1.82) is 0 Å². The van der Waals surface area contributed by atoms with Crippen LogP contribution < -0.4 is 5.73 Å². The first-order chi connectivity index (χ1) is 12.0. The van der Waals surface area contributed by atoms with E-state index in [0.29, 0.717) is 31.0 Å². The van der Waals surface area contributed by atoms with E-state index in [2.05, 4.69) is 10.1 Å². The predicted molar refractivity (Wildman–Crippen MR) is 93.0 cm³/mol. The number of aromatic nitrogens is 3.